The normalized spacial score (nSPS) is 20.1. The average Bonchev–Trinajstić information content (AvgIpc) is 2.26. The van der Waals surface area contributed by atoms with Crippen LogP contribution in [0.2, 0.25) is 0 Å². The lowest BCUT2D eigenvalue weighted by atomic mass is 10.2. The van der Waals surface area contributed by atoms with Gasteiger partial charge in [-0.15, -0.1) is 0 Å². The van der Waals surface area contributed by atoms with E-state index in [0.29, 0.717) is 6.54 Å². The lowest BCUT2D eigenvalue weighted by Crippen LogP contribution is -2.50. The van der Waals surface area contributed by atoms with Gasteiger partial charge in [0.1, 0.15) is 0 Å². The number of morpholine rings is 1. The molecular weight excluding hydrogens is 278 g/mol. The van der Waals surface area contributed by atoms with E-state index < -0.39 is 28.1 Å². The standard InChI is InChI=1S/C9H17N3O6S/c10-19(16,17)4-1-11-9(15)12-2-3-18-7(6-12)5-8(13)14/h7H,1-6H2,(H,11,15)(H,13,14)(H2,10,16,17). The molecule has 1 heterocycles. The summed E-state index contributed by atoms with van der Waals surface area (Å²) in [6, 6.07) is -0.456. The Balaban J connectivity index is 2.37. The first-order valence-corrected chi connectivity index (χ1v) is 7.36. The van der Waals surface area contributed by atoms with Gasteiger partial charge in [-0.1, -0.05) is 0 Å². The number of rotatable bonds is 5. The number of primary sulfonamides is 1. The largest absolute Gasteiger partial charge is 0.481 e. The number of hydrogen-bond acceptors (Lipinski definition) is 5. The molecule has 110 valence electrons. The molecule has 0 aromatic carbocycles. The quantitative estimate of drug-likeness (QED) is 0.544. The number of carboxylic acids is 1. The number of carbonyl (C=O) groups excluding carboxylic acids is 1. The van der Waals surface area contributed by atoms with Gasteiger partial charge in [-0.2, -0.15) is 0 Å². The van der Waals surface area contributed by atoms with Crippen molar-refractivity contribution in [1.29, 1.82) is 0 Å². The average molecular weight is 295 g/mol. The summed E-state index contributed by atoms with van der Waals surface area (Å²) < 4.78 is 26.6. The van der Waals surface area contributed by atoms with Gasteiger partial charge >= 0.3 is 12.0 Å². The van der Waals surface area contributed by atoms with Crippen molar-refractivity contribution in [2.75, 3.05) is 32.0 Å². The number of amides is 2. The molecule has 0 aliphatic carbocycles. The van der Waals surface area contributed by atoms with E-state index in [0.717, 1.165) is 0 Å². The first-order valence-electron chi connectivity index (χ1n) is 5.64. The highest BCUT2D eigenvalue weighted by Gasteiger charge is 2.25. The molecule has 0 aromatic heterocycles. The van der Waals surface area contributed by atoms with E-state index in [4.69, 9.17) is 15.0 Å². The van der Waals surface area contributed by atoms with Crippen molar-refractivity contribution < 1.29 is 27.9 Å². The van der Waals surface area contributed by atoms with Crippen molar-refractivity contribution in [3.8, 4) is 0 Å². The molecule has 1 aliphatic rings. The molecule has 0 spiro atoms. The minimum Gasteiger partial charge on any atom is -0.481 e. The number of nitrogens with one attached hydrogen (secondary N) is 1. The van der Waals surface area contributed by atoms with Crippen molar-refractivity contribution in [1.82, 2.24) is 10.2 Å². The maximum absolute atomic E-state index is 11.7. The Morgan fingerprint density at radius 3 is 2.74 bits per heavy atom. The van der Waals surface area contributed by atoms with Crippen LogP contribution in [0.15, 0.2) is 0 Å². The molecule has 1 saturated heterocycles. The minimum absolute atomic E-state index is 0.0847. The van der Waals surface area contributed by atoms with Crippen LogP contribution in [0.1, 0.15) is 6.42 Å². The van der Waals surface area contributed by atoms with Gasteiger partial charge in [0.25, 0.3) is 0 Å². The molecule has 9 nitrogen and oxygen atoms in total. The number of sulfonamides is 1. The zero-order valence-electron chi connectivity index (χ0n) is 10.2. The molecule has 4 N–H and O–H groups in total. The van der Waals surface area contributed by atoms with Crippen molar-refractivity contribution in [2.45, 2.75) is 12.5 Å². The maximum atomic E-state index is 11.7. The molecule has 10 heteroatoms. The second-order valence-electron chi connectivity index (χ2n) is 4.14. The predicted octanol–water partition coefficient (Wildman–Crippen LogP) is -1.84. The van der Waals surface area contributed by atoms with E-state index in [9.17, 15) is 18.0 Å². The summed E-state index contributed by atoms with van der Waals surface area (Å²) in [6.07, 6.45) is -0.726. The summed E-state index contributed by atoms with van der Waals surface area (Å²) >= 11 is 0. The number of carbonyl (C=O) groups is 2. The van der Waals surface area contributed by atoms with E-state index in [1.165, 1.54) is 4.90 Å². The highest BCUT2D eigenvalue weighted by Crippen LogP contribution is 2.08. The molecule has 1 aliphatic heterocycles. The number of nitrogens with zero attached hydrogens (tertiary/aromatic N) is 1. The first-order chi connectivity index (χ1) is 8.78. The van der Waals surface area contributed by atoms with Gasteiger partial charge in [0.2, 0.25) is 10.0 Å². The number of hydrogen-bond donors (Lipinski definition) is 3. The van der Waals surface area contributed by atoms with Crippen LogP contribution in [0.4, 0.5) is 4.79 Å². The predicted molar refractivity (Wildman–Crippen MR) is 64.9 cm³/mol. The Bertz CT molecular complexity index is 437. The summed E-state index contributed by atoms with van der Waals surface area (Å²) in [6.45, 7) is 0.657. The Labute approximate surface area is 110 Å². The molecule has 1 fully saturated rings. The lowest BCUT2D eigenvalue weighted by Gasteiger charge is -2.32. The number of aliphatic carboxylic acids is 1. The summed E-state index contributed by atoms with van der Waals surface area (Å²) in [5.74, 6) is -1.34. The van der Waals surface area contributed by atoms with Crippen molar-refractivity contribution >= 4 is 22.0 Å². The van der Waals surface area contributed by atoms with Crippen LogP contribution in [0.25, 0.3) is 0 Å². The third-order valence-electron chi connectivity index (χ3n) is 2.49. The molecule has 1 unspecified atom stereocenters. The fraction of sp³-hybridized carbons (Fsp3) is 0.778. The highest BCUT2D eigenvalue weighted by atomic mass is 32.2. The smallest absolute Gasteiger partial charge is 0.317 e. The lowest BCUT2D eigenvalue weighted by molar-refractivity contribution is -0.141. The Hall–Kier alpha value is -1.39. The molecule has 0 aromatic rings. The van der Waals surface area contributed by atoms with E-state index in [1.807, 2.05) is 0 Å². The van der Waals surface area contributed by atoms with Crippen LogP contribution < -0.4 is 10.5 Å². The Morgan fingerprint density at radius 2 is 2.16 bits per heavy atom. The fourth-order valence-corrected chi connectivity index (χ4v) is 2.02. The number of ether oxygens (including phenoxy) is 1. The summed E-state index contributed by atoms with van der Waals surface area (Å²) in [5.41, 5.74) is 0. The van der Waals surface area contributed by atoms with E-state index in [1.54, 1.807) is 0 Å². The van der Waals surface area contributed by atoms with Gasteiger partial charge < -0.3 is 20.1 Å². The summed E-state index contributed by atoms with van der Waals surface area (Å²) in [4.78, 5) is 23.6. The molecule has 1 rings (SSSR count). The number of nitrogens with two attached hydrogens (primary N) is 1. The van der Waals surface area contributed by atoms with Crippen LogP contribution in [0.3, 0.4) is 0 Å². The van der Waals surface area contributed by atoms with Gasteiger partial charge in [-0.05, 0) is 0 Å². The first kappa shape index (κ1) is 15.7. The Morgan fingerprint density at radius 1 is 1.47 bits per heavy atom. The van der Waals surface area contributed by atoms with Crippen molar-refractivity contribution in [3.63, 3.8) is 0 Å². The molecule has 0 radical (unpaired) electrons. The molecule has 1 atom stereocenters. The zero-order valence-corrected chi connectivity index (χ0v) is 11.1. The third-order valence-corrected chi connectivity index (χ3v) is 3.26. The number of carboxylic acid groups (broad SMARTS) is 1. The van der Waals surface area contributed by atoms with Gasteiger partial charge in [-0.25, -0.2) is 18.4 Å². The van der Waals surface area contributed by atoms with E-state index in [-0.39, 0.29) is 31.9 Å². The second kappa shape index (κ2) is 6.68. The maximum Gasteiger partial charge on any atom is 0.317 e. The zero-order chi connectivity index (χ0) is 14.5. The highest BCUT2D eigenvalue weighted by molar-refractivity contribution is 7.89. The van der Waals surface area contributed by atoms with Gasteiger partial charge in [-0.3, -0.25) is 4.79 Å². The minimum atomic E-state index is -3.61. The molecule has 0 saturated carbocycles. The van der Waals surface area contributed by atoms with Crippen molar-refractivity contribution in [3.05, 3.63) is 0 Å². The van der Waals surface area contributed by atoms with Crippen LogP contribution in [0, 0.1) is 0 Å². The fourth-order valence-electron chi connectivity index (χ4n) is 1.63. The molecular formula is C9H17N3O6S. The summed E-state index contributed by atoms with van der Waals surface area (Å²) in [7, 11) is -3.61. The van der Waals surface area contributed by atoms with Crippen molar-refractivity contribution in [2.24, 2.45) is 5.14 Å². The summed E-state index contributed by atoms with van der Waals surface area (Å²) in [5, 5.41) is 15.8. The van der Waals surface area contributed by atoms with Crippen LogP contribution >= 0.6 is 0 Å². The molecule has 19 heavy (non-hydrogen) atoms. The molecule has 0 bridgehead atoms. The monoisotopic (exact) mass is 295 g/mol. The van der Waals surface area contributed by atoms with Gasteiger partial charge in [0, 0.05) is 19.6 Å². The molecule has 2 amide bonds. The van der Waals surface area contributed by atoms with E-state index >= 15 is 0 Å². The van der Waals surface area contributed by atoms with Crippen LogP contribution in [0.5, 0.6) is 0 Å². The third kappa shape index (κ3) is 6.36. The van der Waals surface area contributed by atoms with Crippen LogP contribution in [-0.4, -0.2) is 68.5 Å². The van der Waals surface area contributed by atoms with Gasteiger partial charge in [0.05, 0.1) is 24.9 Å². The van der Waals surface area contributed by atoms with Gasteiger partial charge in [0.15, 0.2) is 0 Å². The van der Waals surface area contributed by atoms with E-state index in [2.05, 4.69) is 5.32 Å². The Kier molecular flexibility index (Phi) is 5.51. The van der Waals surface area contributed by atoms with Crippen LogP contribution in [-0.2, 0) is 19.6 Å². The SMILES string of the molecule is NS(=O)(=O)CCNC(=O)N1CCOC(CC(=O)O)C1. The topological polar surface area (TPSA) is 139 Å². The second-order valence-corrected chi connectivity index (χ2v) is 5.87. The number of urea groups is 1.